The molecular formula is C15H25N3O. The number of rotatable bonds is 5. The van der Waals surface area contributed by atoms with Gasteiger partial charge in [0.2, 0.25) is 5.91 Å². The van der Waals surface area contributed by atoms with Crippen molar-refractivity contribution in [2.45, 2.75) is 69.9 Å². The molecule has 0 aromatic carbocycles. The Morgan fingerprint density at radius 2 is 2.05 bits per heavy atom. The number of carbonyl (C=O) groups is 1. The first-order valence-corrected chi connectivity index (χ1v) is 7.72. The van der Waals surface area contributed by atoms with E-state index >= 15 is 0 Å². The molecule has 2 N–H and O–H groups in total. The minimum atomic E-state index is 0.00955. The summed E-state index contributed by atoms with van der Waals surface area (Å²) < 4.78 is 0. The SMILES string of the molecule is N#CCCCCNC(=O)C1CCC2CCCCC2N1. The van der Waals surface area contributed by atoms with Gasteiger partial charge in [0.25, 0.3) is 0 Å². The Bertz CT molecular complexity index is 337. The standard InChI is InChI=1S/C15H25N3O/c16-10-4-1-5-11-17-15(19)14-9-8-12-6-2-3-7-13(12)18-14/h12-14,18H,1-9,11H2,(H,17,19). The number of nitriles is 1. The molecule has 0 aromatic rings. The monoisotopic (exact) mass is 263 g/mol. The topological polar surface area (TPSA) is 64.9 Å². The lowest BCUT2D eigenvalue weighted by molar-refractivity contribution is -0.124. The van der Waals surface area contributed by atoms with Crippen LogP contribution < -0.4 is 10.6 Å². The molecule has 3 unspecified atom stereocenters. The molecule has 4 nitrogen and oxygen atoms in total. The van der Waals surface area contributed by atoms with Crippen LogP contribution in [0.25, 0.3) is 0 Å². The lowest BCUT2D eigenvalue weighted by atomic mass is 9.77. The van der Waals surface area contributed by atoms with Crippen molar-refractivity contribution in [3.63, 3.8) is 0 Å². The molecule has 4 heteroatoms. The molecule has 0 aromatic heterocycles. The Hall–Kier alpha value is -1.08. The molecule has 3 atom stereocenters. The fourth-order valence-electron chi connectivity index (χ4n) is 3.37. The second-order valence-corrected chi connectivity index (χ2v) is 5.85. The minimum absolute atomic E-state index is 0.00955. The van der Waals surface area contributed by atoms with Crippen molar-refractivity contribution in [3.05, 3.63) is 0 Å². The molecule has 19 heavy (non-hydrogen) atoms. The summed E-state index contributed by atoms with van der Waals surface area (Å²) in [5.41, 5.74) is 0. The summed E-state index contributed by atoms with van der Waals surface area (Å²) in [5, 5.41) is 15.0. The van der Waals surface area contributed by atoms with Crippen LogP contribution in [0.1, 0.15) is 57.8 Å². The first-order valence-electron chi connectivity index (χ1n) is 7.72. The minimum Gasteiger partial charge on any atom is -0.355 e. The van der Waals surface area contributed by atoms with Crippen LogP contribution in [0.3, 0.4) is 0 Å². The van der Waals surface area contributed by atoms with Gasteiger partial charge in [-0.15, -0.1) is 0 Å². The van der Waals surface area contributed by atoms with E-state index in [4.69, 9.17) is 5.26 Å². The summed E-state index contributed by atoms with van der Waals surface area (Å²) in [6, 6.07) is 2.70. The zero-order chi connectivity index (χ0) is 13.5. The van der Waals surface area contributed by atoms with Crippen LogP contribution in [0.2, 0.25) is 0 Å². The Morgan fingerprint density at radius 3 is 2.89 bits per heavy atom. The van der Waals surface area contributed by atoms with Crippen molar-refractivity contribution < 1.29 is 4.79 Å². The normalized spacial score (nSPS) is 30.2. The molecule has 0 spiro atoms. The van der Waals surface area contributed by atoms with E-state index in [-0.39, 0.29) is 11.9 Å². The Morgan fingerprint density at radius 1 is 1.21 bits per heavy atom. The van der Waals surface area contributed by atoms with E-state index in [0.717, 1.165) is 25.2 Å². The summed E-state index contributed by atoms with van der Waals surface area (Å²) in [7, 11) is 0. The van der Waals surface area contributed by atoms with Crippen LogP contribution in [-0.4, -0.2) is 24.5 Å². The first-order chi connectivity index (χ1) is 9.31. The zero-order valence-electron chi connectivity index (χ0n) is 11.7. The molecular weight excluding hydrogens is 238 g/mol. The molecule has 1 saturated heterocycles. The van der Waals surface area contributed by atoms with Crippen molar-refractivity contribution in [1.82, 2.24) is 10.6 Å². The number of piperidine rings is 1. The van der Waals surface area contributed by atoms with E-state index in [1.807, 2.05) is 0 Å². The summed E-state index contributed by atoms with van der Waals surface area (Å²) >= 11 is 0. The lowest BCUT2D eigenvalue weighted by Gasteiger charge is -2.39. The van der Waals surface area contributed by atoms with Gasteiger partial charge in [-0.25, -0.2) is 0 Å². The number of nitrogens with zero attached hydrogens (tertiary/aromatic N) is 1. The van der Waals surface area contributed by atoms with E-state index < -0.39 is 0 Å². The maximum absolute atomic E-state index is 12.1. The highest BCUT2D eigenvalue weighted by Crippen LogP contribution is 2.32. The molecule has 0 radical (unpaired) electrons. The summed E-state index contributed by atoms with van der Waals surface area (Å²) in [6.45, 7) is 0.701. The van der Waals surface area contributed by atoms with E-state index in [9.17, 15) is 4.79 Å². The zero-order valence-corrected chi connectivity index (χ0v) is 11.7. The number of amides is 1. The summed E-state index contributed by atoms with van der Waals surface area (Å²) in [5.74, 6) is 0.953. The number of carbonyl (C=O) groups excluding carboxylic acids is 1. The molecule has 1 aliphatic heterocycles. The van der Waals surface area contributed by atoms with Crippen LogP contribution in [0.5, 0.6) is 0 Å². The lowest BCUT2D eigenvalue weighted by Crippen LogP contribution is -2.55. The van der Waals surface area contributed by atoms with Gasteiger partial charge in [0.15, 0.2) is 0 Å². The number of unbranched alkanes of at least 4 members (excludes halogenated alkanes) is 2. The van der Waals surface area contributed by atoms with Crippen LogP contribution in [0, 0.1) is 17.2 Å². The van der Waals surface area contributed by atoms with Crippen molar-refractivity contribution >= 4 is 5.91 Å². The average molecular weight is 263 g/mol. The first kappa shape index (κ1) is 14.3. The molecule has 2 aliphatic rings. The Labute approximate surface area is 115 Å². The van der Waals surface area contributed by atoms with Crippen molar-refractivity contribution in [2.75, 3.05) is 6.54 Å². The van der Waals surface area contributed by atoms with Crippen molar-refractivity contribution in [1.29, 1.82) is 5.26 Å². The molecule has 1 heterocycles. The summed E-state index contributed by atoms with van der Waals surface area (Å²) in [6.07, 6.45) is 9.76. The van der Waals surface area contributed by atoms with Gasteiger partial charge in [-0.3, -0.25) is 4.79 Å². The van der Waals surface area contributed by atoms with E-state index in [1.54, 1.807) is 0 Å². The fourth-order valence-corrected chi connectivity index (χ4v) is 3.37. The molecule has 0 bridgehead atoms. The predicted octanol–water partition coefficient (Wildman–Crippen LogP) is 2.11. The third-order valence-corrected chi connectivity index (χ3v) is 4.48. The Kier molecular flexibility index (Phi) is 5.65. The maximum atomic E-state index is 12.1. The van der Waals surface area contributed by atoms with Gasteiger partial charge in [-0.1, -0.05) is 12.8 Å². The molecule has 1 saturated carbocycles. The van der Waals surface area contributed by atoms with Gasteiger partial charge in [0.1, 0.15) is 0 Å². The molecule has 2 fully saturated rings. The van der Waals surface area contributed by atoms with Gasteiger partial charge in [-0.2, -0.15) is 5.26 Å². The smallest absolute Gasteiger partial charge is 0.237 e. The number of fused-ring (bicyclic) bond motifs is 1. The van der Waals surface area contributed by atoms with Crippen LogP contribution >= 0.6 is 0 Å². The predicted molar refractivity (Wildman–Crippen MR) is 74.4 cm³/mol. The van der Waals surface area contributed by atoms with E-state index in [0.29, 0.717) is 19.0 Å². The maximum Gasteiger partial charge on any atom is 0.237 e. The number of hydrogen-bond donors (Lipinski definition) is 2. The van der Waals surface area contributed by atoms with Gasteiger partial charge in [-0.05, 0) is 44.4 Å². The third kappa shape index (κ3) is 4.21. The van der Waals surface area contributed by atoms with E-state index in [2.05, 4.69) is 16.7 Å². The van der Waals surface area contributed by atoms with Gasteiger partial charge in [0, 0.05) is 19.0 Å². The van der Waals surface area contributed by atoms with Crippen LogP contribution in [-0.2, 0) is 4.79 Å². The van der Waals surface area contributed by atoms with E-state index in [1.165, 1.54) is 32.1 Å². The quantitative estimate of drug-likeness (QED) is 0.747. The highest BCUT2D eigenvalue weighted by atomic mass is 16.2. The second-order valence-electron chi connectivity index (χ2n) is 5.85. The molecule has 1 aliphatic carbocycles. The average Bonchev–Trinajstić information content (AvgIpc) is 2.46. The van der Waals surface area contributed by atoms with Crippen LogP contribution in [0.4, 0.5) is 0 Å². The second kappa shape index (κ2) is 7.49. The third-order valence-electron chi connectivity index (χ3n) is 4.48. The van der Waals surface area contributed by atoms with Gasteiger partial charge >= 0.3 is 0 Å². The van der Waals surface area contributed by atoms with Crippen LogP contribution in [0.15, 0.2) is 0 Å². The number of nitrogens with one attached hydrogen (secondary N) is 2. The summed E-state index contributed by atoms with van der Waals surface area (Å²) in [4.78, 5) is 12.1. The van der Waals surface area contributed by atoms with Gasteiger partial charge in [0.05, 0.1) is 12.1 Å². The molecule has 2 rings (SSSR count). The molecule has 1 amide bonds. The fraction of sp³-hybridized carbons (Fsp3) is 0.867. The molecule has 106 valence electrons. The number of hydrogen-bond acceptors (Lipinski definition) is 3. The Balaban J connectivity index is 1.67. The highest BCUT2D eigenvalue weighted by molar-refractivity contribution is 5.81. The largest absolute Gasteiger partial charge is 0.355 e. The van der Waals surface area contributed by atoms with Crippen molar-refractivity contribution in [2.24, 2.45) is 5.92 Å². The van der Waals surface area contributed by atoms with Crippen molar-refractivity contribution in [3.8, 4) is 6.07 Å². The highest BCUT2D eigenvalue weighted by Gasteiger charge is 2.34. The van der Waals surface area contributed by atoms with Gasteiger partial charge < -0.3 is 10.6 Å².